The van der Waals surface area contributed by atoms with Gasteiger partial charge in [-0.25, -0.2) is 0 Å². The van der Waals surface area contributed by atoms with Gasteiger partial charge in [0.2, 0.25) is 0 Å². The van der Waals surface area contributed by atoms with Crippen LogP contribution < -0.4 is 10.1 Å². The van der Waals surface area contributed by atoms with Gasteiger partial charge in [0.15, 0.2) is 6.61 Å². The molecule has 0 saturated heterocycles. The molecule has 0 bridgehead atoms. The van der Waals surface area contributed by atoms with Crippen LogP contribution in [0.4, 0.5) is 5.69 Å². The number of hydrogen-bond donors (Lipinski definition) is 1. The predicted octanol–water partition coefficient (Wildman–Crippen LogP) is 3.40. The van der Waals surface area contributed by atoms with Crippen LogP contribution in [0.2, 0.25) is 0 Å². The van der Waals surface area contributed by atoms with Crippen LogP contribution in [0.25, 0.3) is 0 Å². The first-order chi connectivity index (χ1) is 10.2. The smallest absolute Gasteiger partial charge is 0.255 e. The summed E-state index contributed by atoms with van der Waals surface area (Å²) in [4.78, 5) is 12.3. The maximum atomic E-state index is 12.3. The van der Waals surface area contributed by atoms with Crippen LogP contribution in [0, 0.1) is 11.3 Å². The standard InChI is InChI=1S/C17H16N2O2/c1-2-13-5-3-4-6-16(13)17(20)19-14-7-9-15(10-8-14)21-12-11-18/h3-10H,2,12H2,1H3,(H,19,20). The largest absolute Gasteiger partial charge is 0.479 e. The molecular formula is C17H16N2O2. The second-order valence-corrected chi connectivity index (χ2v) is 4.44. The fraction of sp³-hybridized carbons (Fsp3) is 0.176. The van der Waals surface area contributed by atoms with Crippen molar-refractivity contribution >= 4 is 11.6 Å². The lowest BCUT2D eigenvalue weighted by Crippen LogP contribution is -2.13. The number of carbonyl (C=O) groups is 1. The first kappa shape index (κ1) is 14.6. The van der Waals surface area contributed by atoms with Gasteiger partial charge in [0.25, 0.3) is 5.91 Å². The molecule has 0 saturated carbocycles. The van der Waals surface area contributed by atoms with Crippen LogP contribution >= 0.6 is 0 Å². The van der Waals surface area contributed by atoms with Gasteiger partial charge in [-0.15, -0.1) is 0 Å². The number of aryl methyl sites for hydroxylation is 1. The Kier molecular flexibility index (Phi) is 4.94. The summed E-state index contributed by atoms with van der Waals surface area (Å²) in [5.74, 6) is 0.474. The second-order valence-electron chi connectivity index (χ2n) is 4.44. The molecule has 2 aromatic rings. The lowest BCUT2D eigenvalue weighted by atomic mass is 10.0. The summed E-state index contributed by atoms with van der Waals surface area (Å²) in [6.07, 6.45) is 0.810. The van der Waals surface area contributed by atoms with Gasteiger partial charge in [-0.2, -0.15) is 5.26 Å². The number of amides is 1. The average Bonchev–Trinajstić information content (AvgIpc) is 2.54. The molecule has 2 aromatic carbocycles. The van der Waals surface area contributed by atoms with Gasteiger partial charge in [-0.05, 0) is 42.3 Å². The van der Waals surface area contributed by atoms with E-state index >= 15 is 0 Å². The first-order valence-corrected chi connectivity index (χ1v) is 6.73. The lowest BCUT2D eigenvalue weighted by Gasteiger charge is -2.09. The second kappa shape index (κ2) is 7.11. The Labute approximate surface area is 124 Å². The zero-order valence-corrected chi connectivity index (χ0v) is 11.8. The summed E-state index contributed by atoms with van der Waals surface area (Å²) in [5.41, 5.74) is 2.39. The molecule has 0 aromatic heterocycles. The first-order valence-electron chi connectivity index (χ1n) is 6.73. The molecule has 0 unspecified atom stereocenters. The molecule has 1 amide bonds. The number of hydrogen-bond acceptors (Lipinski definition) is 3. The monoisotopic (exact) mass is 280 g/mol. The van der Waals surface area contributed by atoms with Crippen LogP contribution in [-0.4, -0.2) is 12.5 Å². The molecule has 0 aliphatic carbocycles. The Hall–Kier alpha value is -2.80. The van der Waals surface area contributed by atoms with Crippen molar-refractivity contribution in [1.82, 2.24) is 0 Å². The normalized spacial score (nSPS) is 9.71. The number of nitrogens with one attached hydrogen (secondary N) is 1. The van der Waals surface area contributed by atoms with Gasteiger partial charge < -0.3 is 10.1 Å². The molecule has 0 spiro atoms. The van der Waals surface area contributed by atoms with Crippen molar-refractivity contribution in [2.75, 3.05) is 11.9 Å². The van der Waals surface area contributed by atoms with Crippen molar-refractivity contribution in [3.8, 4) is 11.8 Å². The fourth-order valence-electron chi connectivity index (χ4n) is 2.00. The number of rotatable bonds is 5. The molecule has 2 rings (SSSR count). The molecule has 0 aliphatic heterocycles. The quantitative estimate of drug-likeness (QED) is 0.913. The molecule has 1 N–H and O–H groups in total. The number of carbonyl (C=O) groups excluding carboxylic acids is 1. The highest BCUT2D eigenvalue weighted by atomic mass is 16.5. The number of nitriles is 1. The fourth-order valence-corrected chi connectivity index (χ4v) is 2.00. The zero-order valence-electron chi connectivity index (χ0n) is 11.8. The van der Waals surface area contributed by atoms with Crippen molar-refractivity contribution in [2.45, 2.75) is 13.3 Å². The van der Waals surface area contributed by atoms with Gasteiger partial charge in [-0.1, -0.05) is 25.1 Å². The molecule has 0 heterocycles. The van der Waals surface area contributed by atoms with E-state index in [1.54, 1.807) is 24.3 Å². The molecule has 4 nitrogen and oxygen atoms in total. The SMILES string of the molecule is CCc1ccccc1C(=O)Nc1ccc(OCC#N)cc1. The van der Waals surface area contributed by atoms with Crippen LogP contribution in [0.1, 0.15) is 22.8 Å². The third kappa shape index (κ3) is 3.83. The third-order valence-electron chi connectivity index (χ3n) is 3.06. The Bertz CT molecular complexity index is 657. The Morgan fingerprint density at radius 1 is 1.19 bits per heavy atom. The van der Waals surface area contributed by atoms with E-state index in [0.29, 0.717) is 17.0 Å². The third-order valence-corrected chi connectivity index (χ3v) is 3.06. The van der Waals surface area contributed by atoms with E-state index in [-0.39, 0.29) is 12.5 Å². The molecule has 0 aliphatic rings. The van der Waals surface area contributed by atoms with Crippen molar-refractivity contribution in [1.29, 1.82) is 5.26 Å². The topological polar surface area (TPSA) is 62.1 Å². The molecule has 0 fully saturated rings. The summed E-state index contributed by atoms with van der Waals surface area (Å²) in [7, 11) is 0. The van der Waals surface area contributed by atoms with Crippen molar-refractivity contribution in [3.05, 3.63) is 59.7 Å². The Morgan fingerprint density at radius 2 is 1.90 bits per heavy atom. The number of benzene rings is 2. The Balaban J connectivity index is 2.07. The maximum Gasteiger partial charge on any atom is 0.255 e. The van der Waals surface area contributed by atoms with Gasteiger partial charge in [-0.3, -0.25) is 4.79 Å². The van der Waals surface area contributed by atoms with Crippen LogP contribution in [0.5, 0.6) is 5.75 Å². The van der Waals surface area contributed by atoms with Gasteiger partial charge >= 0.3 is 0 Å². The minimum Gasteiger partial charge on any atom is -0.479 e. The highest BCUT2D eigenvalue weighted by molar-refractivity contribution is 6.05. The number of nitrogens with zero attached hydrogens (tertiary/aromatic N) is 1. The highest BCUT2D eigenvalue weighted by Crippen LogP contribution is 2.17. The summed E-state index contributed by atoms with van der Waals surface area (Å²) in [5, 5.41) is 11.3. The summed E-state index contributed by atoms with van der Waals surface area (Å²) < 4.78 is 5.16. The van der Waals surface area contributed by atoms with E-state index in [1.807, 2.05) is 37.3 Å². The predicted molar refractivity (Wildman–Crippen MR) is 81.3 cm³/mol. The highest BCUT2D eigenvalue weighted by Gasteiger charge is 2.09. The van der Waals surface area contributed by atoms with E-state index in [9.17, 15) is 4.79 Å². The van der Waals surface area contributed by atoms with Gasteiger partial charge in [0.05, 0.1) is 0 Å². The summed E-state index contributed by atoms with van der Waals surface area (Å²) in [6, 6.07) is 16.4. The molecular weight excluding hydrogens is 264 g/mol. The number of ether oxygens (including phenoxy) is 1. The van der Waals surface area contributed by atoms with Crippen LogP contribution in [0.15, 0.2) is 48.5 Å². The average molecular weight is 280 g/mol. The van der Waals surface area contributed by atoms with E-state index in [1.165, 1.54) is 0 Å². The maximum absolute atomic E-state index is 12.3. The van der Waals surface area contributed by atoms with Crippen LogP contribution in [-0.2, 0) is 6.42 Å². The van der Waals surface area contributed by atoms with Crippen LogP contribution in [0.3, 0.4) is 0 Å². The van der Waals surface area contributed by atoms with Crippen molar-refractivity contribution < 1.29 is 9.53 Å². The van der Waals surface area contributed by atoms with E-state index < -0.39 is 0 Å². The minimum atomic E-state index is -0.127. The van der Waals surface area contributed by atoms with Gasteiger partial charge in [0.1, 0.15) is 11.8 Å². The molecule has 21 heavy (non-hydrogen) atoms. The van der Waals surface area contributed by atoms with Gasteiger partial charge in [0, 0.05) is 11.3 Å². The zero-order chi connectivity index (χ0) is 15.1. The summed E-state index contributed by atoms with van der Waals surface area (Å²) >= 11 is 0. The van der Waals surface area contributed by atoms with E-state index in [2.05, 4.69) is 5.32 Å². The van der Waals surface area contributed by atoms with E-state index in [0.717, 1.165) is 12.0 Å². The molecule has 0 atom stereocenters. The van der Waals surface area contributed by atoms with E-state index in [4.69, 9.17) is 10.00 Å². The lowest BCUT2D eigenvalue weighted by molar-refractivity contribution is 0.102. The number of anilines is 1. The Morgan fingerprint density at radius 3 is 2.57 bits per heavy atom. The minimum absolute atomic E-state index is 0.00951. The molecule has 0 radical (unpaired) electrons. The van der Waals surface area contributed by atoms with Crippen molar-refractivity contribution in [2.24, 2.45) is 0 Å². The molecule has 4 heteroatoms. The van der Waals surface area contributed by atoms with Crippen molar-refractivity contribution in [3.63, 3.8) is 0 Å². The molecule has 106 valence electrons. The summed E-state index contributed by atoms with van der Waals surface area (Å²) in [6.45, 7) is 2.03.